The number of rotatable bonds is 5. The zero-order chi connectivity index (χ0) is 15.2. The molecular weight excluding hydrogens is 262 g/mol. The molecular formula is C17H27N3O. The largest absolute Gasteiger partial charge is 0.378 e. The van der Waals surface area contributed by atoms with Gasteiger partial charge in [-0.1, -0.05) is 6.92 Å². The number of carbonyl (C=O) groups excluding carboxylic acids is 1. The molecule has 1 unspecified atom stereocenters. The van der Waals surface area contributed by atoms with Gasteiger partial charge in [0.1, 0.15) is 0 Å². The minimum absolute atomic E-state index is 0.163. The number of nitrogens with one attached hydrogen (secondary N) is 1. The van der Waals surface area contributed by atoms with E-state index in [1.807, 2.05) is 43.3 Å². The molecule has 116 valence electrons. The third-order valence-corrected chi connectivity index (χ3v) is 4.07. The lowest BCUT2D eigenvalue weighted by atomic mass is 10.0. The highest BCUT2D eigenvalue weighted by atomic mass is 16.2. The molecule has 0 bridgehead atoms. The van der Waals surface area contributed by atoms with Crippen LogP contribution >= 0.6 is 0 Å². The first-order chi connectivity index (χ1) is 10.1. The Morgan fingerprint density at radius 3 is 2.52 bits per heavy atom. The highest BCUT2D eigenvalue weighted by Crippen LogP contribution is 2.18. The van der Waals surface area contributed by atoms with Crippen molar-refractivity contribution in [3.05, 3.63) is 29.8 Å². The van der Waals surface area contributed by atoms with E-state index in [4.69, 9.17) is 0 Å². The second-order valence-electron chi connectivity index (χ2n) is 5.94. The van der Waals surface area contributed by atoms with Gasteiger partial charge in [-0.05, 0) is 50.1 Å². The van der Waals surface area contributed by atoms with Gasteiger partial charge < -0.3 is 15.1 Å². The Balaban J connectivity index is 2.13. The van der Waals surface area contributed by atoms with E-state index >= 15 is 0 Å². The van der Waals surface area contributed by atoms with E-state index in [-0.39, 0.29) is 5.91 Å². The van der Waals surface area contributed by atoms with Crippen LogP contribution in [0.25, 0.3) is 0 Å². The van der Waals surface area contributed by atoms with Gasteiger partial charge in [-0.15, -0.1) is 0 Å². The van der Waals surface area contributed by atoms with Crippen LogP contribution in [0.3, 0.4) is 0 Å². The second kappa shape index (κ2) is 7.46. The summed E-state index contributed by atoms with van der Waals surface area (Å²) in [6.45, 7) is 4.95. The van der Waals surface area contributed by atoms with Crippen molar-refractivity contribution in [2.24, 2.45) is 0 Å². The zero-order valence-electron chi connectivity index (χ0n) is 13.4. The molecule has 0 spiro atoms. The Bertz CT molecular complexity index is 450. The average molecular weight is 289 g/mol. The summed E-state index contributed by atoms with van der Waals surface area (Å²) in [7, 11) is 4.02. The van der Waals surface area contributed by atoms with Gasteiger partial charge in [0, 0.05) is 44.5 Å². The molecule has 1 aromatic rings. The number of hydrogen-bond acceptors (Lipinski definition) is 3. The summed E-state index contributed by atoms with van der Waals surface area (Å²) in [5, 5.41) is 3.40. The van der Waals surface area contributed by atoms with Gasteiger partial charge in [0.2, 0.25) is 0 Å². The van der Waals surface area contributed by atoms with Crippen LogP contribution in [-0.4, -0.2) is 50.6 Å². The molecule has 1 aliphatic rings. The van der Waals surface area contributed by atoms with Crippen LogP contribution < -0.4 is 10.2 Å². The van der Waals surface area contributed by atoms with Crippen LogP contribution in [0.2, 0.25) is 0 Å². The molecule has 1 amide bonds. The van der Waals surface area contributed by atoms with Crippen molar-refractivity contribution in [2.75, 3.05) is 38.6 Å². The third-order valence-electron chi connectivity index (χ3n) is 4.07. The summed E-state index contributed by atoms with van der Waals surface area (Å²) in [5.41, 5.74) is 1.91. The first-order valence-electron chi connectivity index (χ1n) is 7.92. The molecule has 1 heterocycles. The minimum Gasteiger partial charge on any atom is -0.378 e. The van der Waals surface area contributed by atoms with Crippen molar-refractivity contribution in [3.63, 3.8) is 0 Å². The molecule has 0 radical (unpaired) electrons. The van der Waals surface area contributed by atoms with Crippen LogP contribution in [0.5, 0.6) is 0 Å². The molecule has 1 aromatic carbocycles. The SMILES string of the molecule is CCCN(C(=O)c1ccc(N(C)C)cc1)C1CCCNC1. The number of amides is 1. The van der Waals surface area contributed by atoms with E-state index in [0.29, 0.717) is 6.04 Å². The van der Waals surface area contributed by atoms with Crippen LogP contribution in [0, 0.1) is 0 Å². The Kier molecular flexibility index (Phi) is 5.62. The molecule has 0 saturated carbocycles. The maximum atomic E-state index is 12.8. The van der Waals surface area contributed by atoms with E-state index < -0.39 is 0 Å². The molecule has 0 aromatic heterocycles. The van der Waals surface area contributed by atoms with E-state index in [9.17, 15) is 4.79 Å². The lowest BCUT2D eigenvalue weighted by molar-refractivity contribution is 0.0649. The Morgan fingerprint density at radius 2 is 2.00 bits per heavy atom. The van der Waals surface area contributed by atoms with Crippen molar-refractivity contribution in [1.82, 2.24) is 10.2 Å². The molecule has 1 saturated heterocycles. The smallest absolute Gasteiger partial charge is 0.254 e. The van der Waals surface area contributed by atoms with E-state index in [1.54, 1.807) is 0 Å². The second-order valence-corrected chi connectivity index (χ2v) is 5.94. The lowest BCUT2D eigenvalue weighted by Crippen LogP contribution is -2.49. The molecule has 1 atom stereocenters. The topological polar surface area (TPSA) is 35.6 Å². The average Bonchev–Trinajstić information content (AvgIpc) is 2.53. The molecule has 1 aliphatic heterocycles. The monoisotopic (exact) mass is 289 g/mol. The predicted molar refractivity (Wildman–Crippen MR) is 88.0 cm³/mol. The normalized spacial score (nSPS) is 18.3. The van der Waals surface area contributed by atoms with Crippen molar-refractivity contribution >= 4 is 11.6 Å². The van der Waals surface area contributed by atoms with Gasteiger partial charge in [-0.2, -0.15) is 0 Å². The Labute approximate surface area is 128 Å². The number of nitrogens with zero attached hydrogens (tertiary/aromatic N) is 2. The van der Waals surface area contributed by atoms with Crippen molar-refractivity contribution in [3.8, 4) is 0 Å². The first kappa shape index (κ1) is 15.8. The maximum Gasteiger partial charge on any atom is 0.254 e. The minimum atomic E-state index is 0.163. The van der Waals surface area contributed by atoms with E-state index in [0.717, 1.165) is 50.1 Å². The molecule has 4 heteroatoms. The van der Waals surface area contributed by atoms with Crippen LogP contribution in [0.1, 0.15) is 36.5 Å². The Hall–Kier alpha value is -1.55. The summed E-state index contributed by atoms with van der Waals surface area (Å²) < 4.78 is 0. The first-order valence-corrected chi connectivity index (χ1v) is 7.92. The molecule has 21 heavy (non-hydrogen) atoms. The van der Waals surface area contributed by atoms with E-state index in [2.05, 4.69) is 17.1 Å². The highest BCUT2D eigenvalue weighted by molar-refractivity contribution is 5.94. The fourth-order valence-electron chi connectivity index (χ4n) is 2.86. The zero-order valence-corrected chi connectivity index (χ0v) is 13.4. The standard InChI is InChI=1S/C17H27N3O/c1-4-12-20(16-6-5-11-18-13-16)17(21)14-7-9-15(10-8-14)19(2)3/h7-10,16,18H,4-6,11-13H2,1-3H3. The molecule has 1 N–H and O–H groups in total. The number of carbonyl (C=O) groups is 1. The van der Waals surface area contributed by atoms with Gasteiger partial charge in [-0.3, -0.25) is 4.79 Å². The van der Waals surface area contributed by atoms with Gasteiger partial charge in [0.25, 0.3) is 5.91 Å². The number of hydrogen-bond donors (Lipinski definition) is 1. The Morgan fingerprint density at radius 1 is 1.29 bits per heavy atom. The van der Waals surface area contributed by atoms with Crippen LogP contribution in [0.15, 0.2) is 24.3 Å². The fraction of sp³-hybridized carbons (Fsp3) is 0.588. The maximum absolute atomic E-state index is 12.8. The summed E-state index contributed by atoms with van der Waals surface area (Å²) in [6.07, 6.45) is 3.25. The predicted octanol–water partition coefficient (Wildman–Crippen LogP) is 2.36. The summed E-state index contributed by atoms with van der Waals surface area (Å²) in [4.78, 5) is 16.9. The molecule has 0 aliphatic carbocycles. The number of anilines is 1. The van der Waals surface area contributed by atoms with Crippen molar-refractivity contribution in [1.29, 1.82) is 0 Å². The van der Waals surface area contributed by atoms with Crippen LogP contribution in [-0.2, 0) is 0 Å². The van der Waals surface area contributed by atoms with Gasteiger partial charge in [0.15, 0.2) is 0 Å². The van der Waals surface area contributed by atoms with Crippen molar-refractivity contribution < 1.29 is 4.79 Å². The highest BCUT2D eigenvalue weighted by Gasteiger charge is 2.25. The van der Waals surface area contributed by atoms with Crippen LogP contribution in [0.4, 0.5) is 5.69 Å². The molecule has 2 rings (SSSR count). The van der Waals surface area contributed by atoms with Crippen molar-refractivity contribution in [2.45, 2.75) is 32.2 Å². The summed E-state index contributed by atoms with van der Waals surface area (Å²) in [6, 6.07) is 8.24. The number of piperidine rings is 1. The lowest BCUT2D eigenvalue weighted by Gasteiger charge is -2.34. The van der Waals surface area contributed by atoms with Gasteiger partial charge in [0.05, 0.1) is 0 Å². The number of benzene rings is 1. The molecule has 1 fully saturated rings. The quantitative estimate of drug-likeness (QED) is 0.904. The third kappa shape index (κ3) is 3.97. The van der Waals surface area contributed by atoms with Gasteiger partial charge >= 0.3 is 0 Å². The molecule has 4 nitrogen and oxygen atoms in total. The fourth-order valence-corrected chi connectivity index (χ4v) is 2.86. The summed E-state index contributed by atoms with van der Waals surface area (Å²) in [5.74, 6) is 0.163. The van der Waals surface area contributed by atoms with Gasteiger partial charge in [-0.25, -0.2) is 0 Å². The van der Waals surface area contributed by atoms with E-state index in [1.165, 1.54) is 0 Å². The summed E-state index contributed by atoms with van der Waals surface area (Å²) >= 11 is 0.